The van der Waals surface area contributed by atoms with E-state index in [0.717, 1.165) is 61.0 Å². The Morgan fingerprint density at radius 1 is 0.902 bits per heavy atom. The van der Waals surface area contributed by atoms with Crippen LogP contribution in [-0.2, 0) is 23.2 Å². The highest BCUT2D eigenvalue weighted by Crippen LogP contribution is 2.53. The molecular formula is C36H42O5. The Morgan fingerprint density at radius 3 is 2.17 bits per heavy atom. The fourth-order valence-corrected chi connectivity index (χ4v) is 5.26. The van der Waals surface area contributed by atoms with Gasteiger partial charge in [-0.1, -0.05) is 87.5 Å². The van der Waals surface area contributed by atoms with Crippen molar-refractivity contribution in [1.29, 1.82) is 0 Å². The number of carbonyl (C=O) groups is 2. The van der Waals surface area contributed by atoms with E-state index in [-0.39, 0.29) is 28.7 Å². The zero-order valence-electron chi connectivity index (χ0n) is 24.4. The summed E-state index contributed by atoms with van der Waals surface area (Å²) in [6.07, 6.45) is 10.1. The van der Waals surface area contributed by atoms with E-state index in [2.05, 4.69) is 63.3 Å². The maximum atomic E-state index is 11.4. The zero-order chi connectivity index (χ0) is 29.5. The topological polar surface area (TPSA) is 83.8 Å². The number of hydrogen-bond donors (Lipinski definition) is 2. The minimum atomic E-state index is -0.923. The van der Waals surface area contributed by atoms with Crippen molar-refractivity contribution in [2.45, 2.75) is 77.7 Å². The van der Waals surface area contributed by atoms with Gasteiger partial charge in [0, 0.05) is 5.56 Å². The summed E-state index contributed by atoms with van der Waals surface area (Å²) in [6.45, 7) is 7.11. The van der Waals surface area contributed by atoms with Crippen LogP contribution in [0.1, 0.15) is 91.9 Å². The summed E-state index contributed by atoms with van der Waals surface area (Å²) < 4.78 is 6.24. The number of aliphatic carboxylic acids is 1. The van der Waals surface area contributed by atoms with Crippen molar-refractivity contribution in [1.82, 2.24) is 0 Å². The molecule has 0 spiro atoms. The number of allylic oxidation sites excluding steroid dienone is 1. The van der Waals surface area contributed by atoms with Crippen LogP contribution in [0.15, 0.2) is 78.9 Å². The molecule has 3 aromatic rings. The maximum Gasteiger partial charge on any atom is 0.335 e. The summed E-state index contributed by atoms with van der Waals surface area (Å²) in [6, 6.07) is 23.7. The Morgan fingerprint density at radius 2 is 1.56 bits per heavy atom. The third-order valence-electron chi connectivity index (χ3n) is 8.21. The van der Waals surface area contributed by atoms with Gasteiger partial charge in [0.2, 0.25) is 0 Å². The van der Waals surface area contributed by atoms with Gasteiger partial charge in [-0.3, -0.25) is 4.79 Å². The zero-order valence-corrected chi connectivity index (χ0v) is 24.4. The predicted molar refractivity (Wildman–Crippen MR) is 163 cm³/mol. The normalized spacial score (nSPS) is 15.0. The van der Waals surface area contributed by atoms with Crippen molar-refractivity contribution in [2.75, 3.05) is 0 Å². The summed E-state index contributed by atoms with van der Waals surface area (Å²) in [7, 11) is 0. The van der Waals surface area contributed by atoms with Gasteiger partial charge in [-0.25, -0.2) is 4.79 Å². The Hall–Kier alpha value is -3.86. The van der Waals surface area contributed by atoms with Crippen molar-refractivity contribution >= 4 is 18.0 Å². The van der Waals surface area contributed by atoms with E-state index in [4.69, 9.17) is 4.74 Å². The second-order valence-electron chi connectivity index (χ2n) is 12.5. The van der Waals surface area contributed by atoms with Crippen LogP contribution >= 0.6 is 0 Å². The molecule has 1 aliphatic carbocycles. The first-order chi connectivity index (χ1) is 19.5. The second kappa shape index (κ2) is 13.2. The fraction of sp³-hybridized carbons (Fsp3) is 0.389. The third-order valence-corrected chi connectivity index (χ3v) is 8.21. The molecule has 4 rings (SSSR count). The highest BCUT2D eigenvalue weighted by atomic mass is 16.5. The molecule has 5 heteroatoms. The van der Waals surface area contributed by atoms with E-state index >= 15 is 0 Å². The van der Waals surface area contributed by atoms with E-state index in [1.165, 1.54) is 5.56 Å². The average Bonchev–Trinajstić information content (AvgIpc) is 3.70. The number of carboxylic acid groups (broad SMARTS) is 2. The summed E-state index contributed by atoms with van der Waals surface area (Å²) in [5, 5.41) is 18.6. The number of rotatable bonds is 14. The molecule has 1 fully saturated rings. The summed E-state index contributed by atoms with van der Waals surface area (Å²) >= 11 is 0. The lowest BCUT2D eigenvalue weighted by atomic mass is 9.87. The lowest BCUT2D eigenvalue weighted by Crippen LogP contribution is -2.11. The van der Waals surface area contributed by atoms with Crippen molar-refractivity contribution in [3.05, 3.63) is 107 Å². The van der Waals surface area contributed by atoms with Crippen LogP contribution in [0.4, 0.5) is 0 Å². The maximum absolute atomic E-state index is 11.4. The standard InChI is InChI=1S/C36H42O5/c1-35(2,3)31-18-13-28(14-19-31)25-41-32-7-5-4-6-29(32)15-10-27(20-21-36(22-23-36)24-33(37)38)9-8-26-11-16-30(17-12-26)34(39)40/h4-7,10-19,27H,8-9,20-25H2,1-3H3,(H,37,38)(H,39,40)/b15-10+. The number of aromatic carboxylic acids is 1. The number of carboxylic acids is 2. The first kappa shape index (κ1) is 30.1. The average molecular weight is 555 g/mol. The van der Waals surface area contributed by atoms with Gasteiger partial charge >= 0.3 is 11.9 Å². The minimum Gasteiger partial charge on any atom is -0.488 e. The second-order valence-corrected chi connectivity index (χ2v) is 12.5. The smallest absolute Gasteiger partial charge is 0.335 e. The van der Waals surface area contributed by atoms with E-state index in [9.17, 15) is 19.8 Å². The molecule has 1 saturated carbocycles. The van der Waals surface area contributed by atoms with Gasteiger partial charge in [0.25, 0.3) is 0 Å². The molecule has 0 aliphatic heterocycles. The molecule has 1 unspecified atom stereocenters. The van der Waals surface area contributed by atoms with E-state index in [1.54, 1.807) is 12.1 Å². The molecule has 0 aromatic heterocycles. The molecule has 2 N–H and O–H groups in total. The van der Waals surface area contributed by atoms with Gasteiger partial charge in [0.1, 0.15) is 12.4 Å². The minimum absolute atomic E-state index is 0.0510. The molecule has 0 bridgehead atoms. The number of hydrogen-bond acceptors (Lipinski definition) is 3. The molecule has 1 aliphatic rings. The van der Waals surface area contributed by atoms with Gasteiger partial charge in [-0.2, -0.15) is 0 Å². The molecule has 0 heterocycles. The fourth-order valence-electron chi connectivity index (χ4n) is 5.26. The number of benzene rings is 3. The summed E-state index contributed by atoms with van der Waals surface area (Å²) in [4.78, 5) is 22.6. The third kappa shape index (κ3) is 9.07. The summed E-state index contributed by atoms with van der Waals surface area (Å²) in [5.74, 6) is -0.546. The Balaban J connectivity index is 1.44. The van der Waals surface area contributed by atoms with Gasteiger partial charge in [0.15, 0.2) is 0 Å². The van der Waals surface area contributed by atoms with Gasteiger partial charge in [-0.05, 0) is 90.2 Å². The van der Waals surface area contributed by atoms with Crippen molar-refractivity contribution in [3.63, 3.8) is 0 Å². The largest absolute Gasteiger partial charge is 0.488 e. The first-order valence-electron chi connectivity index (χ1n) is 14.6. The van der Waals surface area contributed by atoms with Crippen LogP contribution in [-0.4, -0.2) is 22.2 Å². The van der Waals surface area contributed by atoms with Crippen LogP contribution < -0.4 is 4.74 Å². The highest BCUT2D eigenvalue weighted by molar-refractivity contribution is 5.87. The molecule has 0 saturated heterocycles. The molecule has 3 aromatic carbocycles. The molecule has 1 atom stereocenters. The lowest BCUT2D eigenvalue weighted by Gasteiger charge is -2.19. The Labute approximate surface area is 243 Å². The monoisotopic (exact) mass is 554 g/mol. The van der Waals surface area contributed by atoms with Crippen LogP contribution in [0, 0.1) is 11.3 Å². The first-order valence-corrected chi connectivity index (χ1v) is 14.6. The molecule has 41 heavy (non-hydrogen) atoms. The Bertz CT molecular complexity index is 1340. The van der Waals surface area contributed by atoms with Gasteiger partial charge in [0.05, 0.1) is 12.0 Å². The number of para-hydroxylation sites is 1. The predicted octanol–water partition coefficient (Wildman–Crippen LogP) is 8.56. The molecule has 0 amide bonds. The van der Waals surface area contributed by atoms with E-state index < -0.39 is 11.9 Å². The van der Waals surface area contributed by atoms with Crippen LogP contribution in [0.2, 0.25) is 0 Å². The molecule has 216 valence electrons. The van der Waals surface area contributed by atoms with Crippen LogP contribution in [0.3, 0.4) is 0 Å². The number of ether oxygens (including phenoxy) is 1. The lowest BCUT2D eigenvalue weighted by molar-refractivity contribution is -0.138. The molecule has 5 nitrogen and oxygen atoms in total. The molecule has 0 radical (unpaired) electrons. The Kier molecular flexibility index (Phi) is 9.69. The molecular weight excluding hydrogens is 512 g/mol. The van der Waals surface area contributed by atoms with E-state index in [1.807, 2.05) is 30.3 Å². The summed E-state index contributed by atoms with van der Waals surface area (Å²) in [5.41, 5.74) is 4.88. The van der Waals surface area contributed by atoms with Gasteiger partial charge in [-0.15, -0.1) is 0 Å². The van der Waals surface area contributed by atoms with Crippen molar-refractivity contribution < 1.29 is 24.5 Å². The van der Waals surface area contributed by atoms with E-state index in [0.29, 0.717) is 6.61 Å². The van der Waals surface area contributed by atoms with Crippen LogP contribution in [0.25, 0.3) is 6.08 Å². The van der Waals surface area contributed by atoms with Crippen LogP contribution in [0.5, 0.6) is 5.75 Å². The van der Waals surface area contributed by atoms with Crippen molar-refractivity contribution in [2.24, 2.45) is 11.3 Å². The van der Waals surface area contributed by atoms with Gasteiger partial charge < -0.3 is 14.9 Å². The number of aryl methyl sites for hydroxylation is 1. The highest BCUT2D eigenvalue weighted by Gasteiger charge is 2.43. The quantitative estimate of drug-likeness (QED) is 0.209. The SMILES string of the molecule is CC(C)(C)c1ccc(COc2ccccc2/C=C/C(CCc2ccc(C(=O)O)cc2)CCC2(CC(=O)O)CC2)cc1. The van der Waals surface area contributed by atoms with Crippen molar-refractivity contribution in [3.8, 4) is 5.75 Å².